The number of nitrogens with zero attached hydrogens (tertiary/aromatic N) is 2. The van der Waals surface area contributed by atoms with Gasteiger partial charge in [-0.1, -0.05) is 60.7 Å². The van der Waals surface area contributed by atoms with E-state index in [0.717, 1.165) is 16.7 Å². The molecule has 0 spiro atoms. The molecule has 2 aliphatic rings. The largest absolute Gasteiger partial charge is 0.497 e. The van der Waals surface area contributed by atoms with Gasteiger partial charge >= 0.3 is 24.1 Å². The maximum Gasteiger partial charge on any atom is 0.330 e. The first-order chi connectivity index (χ1) is 31.7. The summed E-state index contributed by atoms with van der Waals surface area (Å²) in [6.45, 7) is 3.72. The molecule has 2 fully saturated rings. The summed E-state index contributed by atoms with van der Waals surface area (Å²) < 4.78 is 58.3. The quantitative estimate of drug-likeness (QED) is 0.0480. The van der Waals surface area contributed by atoms with E-state index in [-0.39, 0.29) is 43.8 Å². The number of aromatic nitrogens is 4. The van der Waals surface area contributed by atoms with Gasteiger partial charge in [0.1, 0.15) is 47.9 Å². The second-order valence-corrected chi connectivity index (χ2v) is 18.6. The van der Waals surface area contributed by atoms with Gasteiger partial charge < -0.3 is 42.0 Å². The molecule has 20 heteroatoms. The summed E-state index contributed by atoms with van der Waals surface area (Å²) in [4.78, 5) is 67.5. The summed E-state index contributed by atoms with van der Waals surface area (Å²) in [6, 6.07) is 24.6. The fraction of sp³-hybridized carbons (Fsp3) is 0.370. The van der Waals surface area contributed by atoms with Crippen molar-refractivity contribution in [3.63, 3.8) is 0 Å². The predicted octanol–water partition coefficient (Wildman–Crippen LogP) is 5.07. The Morgan fingerprint density at radius 1 is 0.758 bits per heavy atom. The van der Waals surface area contributed by atoms with Crippen molar-refractivity contribution in [1.82, 2.24) is 19.1 Å². The summed E-state index contributed by atoms with van der Waals surface area (Å²) in [5.74, 6) is 0.672. The minimum atomic E-state index is -3.84. The lowest BCUT2D eigenvalue weighted by Gasteiger charge is -2.37. The number of methoxy groups -OCH3 is 2. The lowest BCUT2D eigenvalue weighted by Crippen LogP contribution is -2.38. The van der Waals surface area contributed by atoms with E-state index in [1.165, 1.54) is 34.5 Å². The predicted molar refractivity (Wildman–Crippen MR) is 244 cm³/mol. The molecular weight excluding hydrogens is 896 g/mol. The highest BCUT2D eigenvalue weighted by atomic mass is 32.5. The number of aromatic amines is 2. The highest BCUT2D eigenvalue weighted by Gasteiger charge is 2.46. The smallest absolute Gasteiger partial charge is 0.330 e. The molecule has 0 aliphatic carbocycles. The molecule has 3 aromatic carbocycles. The third-order valence-electron chi connectivity index (χ3n) is 11.2. The second kappa shape index (κ2) is 20.8. The van der Waals surface area contributed by atoms with Crippen LogP contribution in [0.3, 0.4) is 0 Å². The molecular formula is C46H51N4O14PS. The maximum atomic E-state index is 13.3. The van der Waals surface area contributed by atoms with Crippen LogP contribution in [-0.4, -0.2) is 83.5 Å². The Morgan fingerprint density at radius 3 is 1.73 bits per heavy atom. The van der Waals surface area contributed by atoms with Crippen molar-refractivity contribution < 1.29 is 46.8 Å². The molecule has 7 atom stereocenters. The lowest BCUT2D eigenvalue weighted by atomic mass is 9.80. The number of H-pyrrole nitrogens is 2. The molecule has 0 saturated carbocycles. The molecule has 7 rings (SSSR count). The monoisotopic (exact) mass is 946 g/mol. The van der Waals surface area contributed by atoms with Crippen LogP contribution in [0.1, 0.15) is 60.0 Å². The van der Waals surface area contributed by atoms with Crippen LogP contribution in [0.5, 0.6) is 11.5 Å². The van der Waals surface area contributed by atoms with Crippen LogP contribution >= 0.6 is 6.72 Å². The molecule has 0 amide bonds. The van der Waals surface area contributed by atoms with E-state index in [2.05, 4.69) is 16.5 Å². The number of benzene rings is 3. The van der Waals surface area contributed by atoms with Gasteiger partial charge in [-0.25, -0.2) is 9.59 Å². The first kappa shape index (κ1) is 48.2. The van der Waals surface area contributed by atoms with Crippen LogP contribution in [0.2, 0.25) is 0 Å². The molecule has 2 aromatic heterocycles. The molecule has 0 radical (unpaired) electrons. The van der Waals surface area contributed by atoms with Gasteiger partial charge in [-0.2, -0.15) is 0 Å². The molecule has 18 nitrogen and oxygen atoms in total. The van der Waals surface area contributed by atoms with Gasteiger partial charge in [-0.05, 0) is 66.6 Å². The van der Waals surface area contributed by atoms with E-state index in [1.54, 1.807) is 28.1 Å². The summed E-state index contributed by atoms with van der Waals surface area (Å²) >= 11 is 6.05. The van der Waals surface area contributed by atoms with E-state index < -0.39 is 77.7 Å². The minimum Gasteiger partial charge on any atom is -0.497 e. The SMILES string of the molecule is C=CCO[P@](=S)(OC[C@H]1O[C@@H](n2cc(C)c(=O)[nH]c2=O)C[C@@H]1OC(C)=O)O[C@H]1C[C@H](n2cc(C)c(=O)[nH]c2=O)O[C@@H]1COC(c1ccccc1)(c1ccc(OC)cc1)c1ccc(OC)cc1. The van der Waals surface area contributed by atoms with E-state index in [9.17, 15) is 24.0 Å². The number of esters is 1. The van der Waals surface area contributed by atoms with Crippen molar-refractivity contribution in [3.05, 3.63) is 173 Å². The molecule has 2 saturated heterocycles. The third-order valence-corrected chi connectivity index (χ3v) is 13.6. The number of carbonyl (C=O) groups is 1. The first-order valence-electron chi connectivity index (χ1n) is 21.0. The van der Waals surface area contributed by atoms with Crippen LogP contribution < -0.4 is 32.0 Å². The normalized spacial score (nSPS) is 21.5. The number of hydrogen-bond acceptors (Lipinski definition) is 15. The van der Waals surface area contributed by atoms with Crippen LogP contribution in [0.25, 0.3) is 0 Å². The van der Waals surface area contributed by atoms with Crippen LogP contribution in [-0.2, 0) is 54.7 Å². The molecule has 66 heavy (non-hydrogen) atoms. The number of rotatable bonds is 19. The van der Waals surface area contributed by atoms with E-state index in [1.807, 2.05) is 78.9 Å². The summed E-state index contributed by atoms with van der Waals surface area (Å²) in [5.41, 5.74) is -0.956. The van der Waals surface area contributed by atoms with Gasteiger partial charge in [-0.3, -0.25) is 33.5 Å². The van der Waals surface area contributed by atoms with Gasteiger partial charge in [0.25, 0.3) is 11.1 Å². The van der Waals surface area contributed by atoms with Crippen molar-refractivity contribution in [1.29, 1.82) is 0 Å². The number of ether oxygens (including phenoxy) is 6. The summed E-state index contributed by atoms with van der Waals surface area (Å²) in [6.07, 6.45) is -1.38. The van der Waals surface area contributed by atoms with E-state index in [0.29, 0.717) is 11.5 Å². The topological polar surface area (TPSA) is 210 Å². The Bertz CT molecular complexity index is 2750. The average molecular weight is 947 g/mol. The van der Waals surface area contributed by atoms with Gasteiger partial charge in [-0.15, -0.1) is 6.58 Å². The number of nitrogens with one attached hydrogen (secondary N) is 2. The molecule has 4 heterocycles. The zero-order chi connectivity index (χ0) is 47.2. The number of hydrogen-bond donors (Lipinski definition) is 2. The number of aryl methyl sites for hydroxylation is 2. The molecule has 2 N–H and O–H groups in total. The number of carbonyl (C=O) groups excluding carboxylic acids is 1. The Kier molecular flexibility index (Phi) is 15.2. The first-order valence-corrected chi connectivity index (χ1v) is 23.5. The molecule has 5 aromatic rings. The van der Waals surface area contributed by atoms with E-state index in [4.69, 9.17) is 53.8 Å². The van der Waals surface area contributed by atoms with Crippen molar-refractivity contribution in [3.8, 4) is 11.5 Å². The van der Waals surface area contributed by atoms with E-state index >= 15 is 0 Å². The molecule has 2 aliphatic heterocycles. The van der Waals surface area contributed by atoms with Crippen molar-refractivity contribution >= 4 is 24.5 Å². The Labute approximate surface area is 384 Å². The van der Waals surface area contributed by atoms with Crippen LogP contribution in [0.4, 0.5) is 0 Å². The Morgan fingerprint density at radius 2 is 1.24 bits per heavy atom. The van der Waals surface area contributed by atoms with Crippen molar-refractivity contribution in [2.75, 3.05) is 34.0 Å². The fourth-order valence-corrected chi connectivity index (χ4v) is 10.0. The zero-order valence-electron chi connectivity index (χ0n) is 36.9. The third kappa shape index (κ3) is 10.6. The summed E-state index contributed by atoms with van der Waals surface area (Å²) in [5, 5.41) is 0. The van der Waals surface area contributed by atoms with Crippen LogP contribution in [0, 0.1) is 13.8 Å². The molecule has 0 bridgehead atoms. The maximum absolute atomic E-state index is 13.3. The van der Waals surface area contributed by atoms with Crippen molar-refractivity contribution in [2.45, 2.75) is 76.1 Å². The molecule has 350 valence electrons. The Hall–Kier alpha value is -5.76. The highest BCUT2D eigenvalue weighted by Crippen LogP contribution is 2.54. The Balaban J connectivity index is 1.24. The zero-order valence-corrected chi connectivity index (χ0v) is 38.6. The van der Waals surface area contributed by atoms with Gasteiger partial charge in [0.05, 0.1) is 40.1 Å². The van der Waals surface area contributed by atoms with Crippen molar-refractivity contribution in [2.24, 2.45) is 0 Å². The molecule has 0 unspecified atom stereocenters. The highest BCUT2D eigenvalue weighted by molar-refractivity contribution is 8.07. The van der Waals surface area contributed by atoms with Gasteiger partial charge in [0.15, 0.2) is 0 Å². The summed E-state index contributed by atoms with van der Waals surface area (Å²) in [7, 11) is 3.17. The van der Waals surface area contributed by atoms with Gasteiger partial charge in [0, 0.05) is 43.3 Å². The standard InChI is InChI=1S/C46H51N4O14PS/c1-7-21-59-65(66,60-27-39-36(61-30(4)51)22-40(63-39)49-24-28(2)42(52)47-44(49)54)64-37-23-41(50-25-29(3)43(53)48-45(50)55)62-38(37)26-58-46(31-11-9-8-10-12-31,32-13-17-34(56-5)18-14-32)33-15-19-35(57-6)20-16-33/h7-20,24-25,36-41H,1,21-23,26-27H2,2-6H3,(H,47,52,54)(H,48,53,55)/t36-,37-,38+,39+,40+,41+,65-/m0/s1. The van der Waals surface area contributed by atoms with Crippen LogP contribution in [0.15, 0.2) is 123 Å². The average Bonchev–Trinajstić information content (AvgIpc) is 3.90. The minimum absolute atomic E-state index is 0.0224. The lowest BCUT2D eigenvalue weighted by molar-refractivity contribution is -0.150. The fourth-order valence-electron chi connectivity index (χ4n) is 7.94. The van der Waals surface area contributed by atoms with Gasteiger partial charge in [0.2, 0.25) is 0 Å². The second-order valence-electron chi connectivity index (χ2n) is 15.6.